The second-order valence-electron chi connectivity index (χ2n) is 6.42. The second-order valence-corrected chi connectivity index (χ2v) is 6.42. The number of pyridine rings is 1. The maximum Gasteiger partial charge on any atom is 0.109 e. The third-order valence-corrected chi connectivity index (χ3v) is 4.66. The van der Waals surface area contributed by atoms with Crippen LogP contribution >= 0.6 is 0 Å². The third kappa shape index (κ3) is 3.04. The number of anilines is 1. The van der Waals surface area contributed by atoms with Crippen LogP contribution in [0.3, 0.4) is 0 Å². The predicted octanol–water partition coefficient (Wildman–Crippen LogP) is 4.45. The quantitative estimate of drug-likeness (QED) is 0.772. The van der Waals surface area contributed by atoms with E-state index in [1.165, 1.54) is 29.8 Å². The number of rotatable bonds is 4. The highest BCUT2D eigenvalue weighted by molar-refractivity contribution is 5.62. The van der Waals surface area contributed by atoms with E-state index in [4.69, 9.17) is 4.98 Å². The molecule has 0 bridgehead atoms. The van der Waals surface area contributed by atoms with Crippen LogP contribution in [0.25, 0.3) is 11.3 Å². The summed E-state index contributed by atoms with van der Waals surface area (Å²) >= 11 is 0. The van der Waals surface area contributed by atoms with Gasteiger partial charge in [0.2, 0.25) is 0 Å². The summed E-state index contributed by atoms with van der Waals surface area (Å²) in [7, 11) is 0. The van der Waals surface area contributed by atoms with Crippen molar-refractivity contribution in [1.29, 1.82) is 0 Å². The summed E-state index contributed by atoms with van der Waals surface area (Å²) in [5.41, 5.74) is 4.55. The molecule has 0 radical (unpaired) electrons. The minimum absolute atomic E-state index is 0.226. The summed E-state index contributed by atoms with van der Waals surface area (Å²) in [6.45, 7) is 3.25. The molecule has 0 saturated carbocycles. The number of hydrogen-bond donors (Lipinski definition) is 1. The molecule has 122 valence electrons. The number of aromatic nitrogens is 3. The molecule has 1 N–H and O–H groups in total. The minimum Gasteiger partial charge on any atom is -0.378 e. The highest BCUT2D eigenvalue weighted by atomic mass is 15.1. The van der Waals surface area contributed by atoms with Gasteiger partial charge in [-0.15, -0.1) is 0 Å². The molecule has 0 amide bonds. The Kier molecular flexibility index (Phi) is 4.03. The first-order valence-corrected chi connectivity index (χ1v) is 8.62. The molecular formula is C20H22N4. The van der Waals surface area contributed by atoms with E-state index in [2.05, 4.69) is 58.3 Å². The highest BCUT2D eigenvalue weighted by Gasteiger charge is 2.13. The zero-order valence-electron chi connectivity index (χ0n) is 13.9. The van der Waals surface area contributed by atoms with Gasteiger partial charge in [-0.05, 0) is 43.5 Å². The molecule has 1 aromatic carbocycles. The van der Waals surface area contributed by atoms with Gasteiger partial charge >= 0.3 is 0 Å². The van der Waals surface area contributed by atoms with Crippen molar-refractivity contribution in [2.75, 3.05) is 5.32 Å². The number of imidazole rings is 1. The monoisotopic (exact) mass is 318 g/mol. The lowest BCUT2D eigenvalue weighted by Crippen LogP contribution is -2.08. The van der Waals surface area contributed by atoms with E-state index in [1.54, 1.807) is 6.20 Å². The number of nitrogens with one attached hydrogen (secondary N) is 1. The largest absolute Gasteiger partial charge is 0.378 e. The molecule has 1 aliphatic rings. The molecule has 0 fully saturated rings. The maximum absolute atomic E-state index is 4.79. The van der Waals surface area contributed by atoms with Crippen molar-refractivity contribution < 1.29 is 0 Å². The van der Waals surface area contributed by atoms with Crippen molar-refractivity contribution in [1.82, 2.24) is 14.5 Å². The molecule has 4 heteroatoms. The van der Waals surface area contributed by atoms with Crippen LogP contribution in [-0.2, 0) is 13.0 Å². The maximum atomic E-state index is 4.79. The molecule has 2 aromatic heterocycles. The molecule has 4 nitrogen and oxygen atoms in total. The van der Waals surface area contributed by atoms with Crippen LogP contribution in [0.4, 0.5) is 5.69 Å². The van der Waals surface area contributed by atoms with Crippen molar-refractivity contribution >= 4 is 5.69 Å². The number of benzene rings is 1. The van der Waals surface area contributed by atoms with Crippen molar-refractivity contribution in [3.8, 4) is 11.3 Å². The minimum atomic E-state index is 0.226. The van der Waals surface area contributed by atoms with E-state index >= 15 is 0 Å². The first-order valence-electron chi connectivity index (χ1n) is 8.62. The molecular weight excluding hydrogens is 296 g/mol. The third-order valence-electron chi connectivity index (χ3n) is 4.66. The van der Waals surface area contributed by atoms with Crippen LogP contribution in [-0.4, -0.2) is 14.5 Å². The van der Waals surface area contributed by atoms with Gasteiger partial charge in [0.1, 0.15) is 5.82 Å². The zero-order chi connectivity index (χ0) is 16.4. The number of hydrogen-bond acceptors (Lipinski definition) is 3. The van der Waals surface area contributed by atoms with Crippen molar-refractivity contribution in [2.24, 2.45) is 0 Å². The summed E-state index contributed by atoms with van der Waals surface area (Å²) in [5, 5.41) is 3.52. The summed E-state index contributed by atoms with van der Waals surface area (Å²) in [6, 6.07) is 12.8. The Labute approximate surface area is 142 Å². The molecule has 4 rings (SSSR count). The smallest absolute Gasteiger partial charge is 0.109 e. The molecule has 24 heavy (non-hydrogen) atoms. The standard InChI is InChI=1S/C20H22N4/c1-15(17-5-4-11-21-13-17)22-18-9-7-16(8-10-18)19-14-24-12-3-2-6-20(24)23-19/h4-5,7-11,13-15,22H,2-3,6,12H2,1H3. The zero-order valence-corrected chi connectivity index (χ0v) is 13.9. The number of nitrogens with zero attached hydrogens (tertiary/aromatic N) is 3. The molecule has 1 unspecified atom stereocenters. The fourth-order valence-corrected chi connectivity index (χ4v) is 3.25. The topological polar surface area (TPSA) is 42.7 Å². The summed E-state index contributed by atoms with van der Waals surface area (Å²) in [5.74, 6) is 1.23. The second kappa shape index (κ2) is 6.48. The molecule has 1 atom stereocenters. The fourth-order valence-electron chi connectivity index (χ4n) is 3.25. The highest BCUT2D eigenvalue weighted by Crippen LogP contribution is 2.25. The summed E-state index contributed by atoms with van der Waals surface area (Å²) in [6.07, 6.45) is 9.51. The SMILES string of the molecule is CC(Nc1ccc(-c2cn3c(n2)CCCC3)cc1)c1cccnc1. The van der Waals surface area contributed by atoms with E-state index in [1.807, 2.05) is 12.3 Å². The predicted molar refractivity (Wildman–Crippen MR) is 96.9 cm³/mol. The Balaban J connectivity index is 1.49. The molecule has 0 saturated heterocycles. The first-order chi connectivity index (χ1) is 11.8. The Morgan fingerprint density at radius 2 is 2.00 bits per heavy atom. The number of fused-ring (bicyclic) bond motifs is 1. The van der Waals surface area contributed by atoms with Gasteiger partial charge in [-0.25, -0.2) is 4.98 Å². The summed E-state index contributed by atoms with van der Waals surface area (Å²) < 4.78 is 2.30. The van der Waals surface area contributed by atoms with Crippen LogP contribution in [0.2, 0.25) is 0 Å². The van der Waals surface area contributed by atoms with E-state index in [9.17, 15) is 0 Å². The van der Waals surface area contributed by atoms with Gasteiger partial charge in [-0.1, -0.05) is 18.2 Å². The van der Waals surface area contributed by atoms with Gasteiger partial charge in [-0.3, -0.25) is 4.98 Å². The van der Waals surface area contributed by atoms with E-state index in [-0.39, 0.29) is 6.04 Å². The fraction of sp³-hybridized carbons (Fsp3) is 0.300. The Morgan fingerprint density at radius 1 is 1.12 bits per heavy atom. The lowest BCUT2D eigenvalue weighted by Gasteiger charge is -2.15. The first kappa shape index (κ1) is 14.9. The Hall–Kier alpha value is -2.62. The van der Waals surface area contributed by atoms with Crippen molar-refractivity contribution in [3.05, 3.63) is 66.4 Å². The lowest BCUT2D eigenvalue weighted by molar-refractivity contribution is 0.522. The average Bonchev–Trinajstić information content (AvgIpc) is 3.07. The molecule has 3 aromatic rings. The number of aryl methyl sites for hydroxylation is 2. The lowest BCUT2D eigenvalue weighted by atomic mass is 10.1. The van der Waals surface area contributed by atoms with Gasteiger partial charge in [0, 0.05) is 42.8 Å². The molecule has 3 heterocycles. The van der Waals surface area contributed by atoms with Crippen LogP contribution < -0.4 is 5.32 Å². The normalized spacial score (nSPS) is 14.9. The Bertz CT molecular complexity index is 782. The molecule has 0 aliphatic carbocycles. The van der Waals surface area contributed by atoms with Crippen LogP contribution in [0.5, 0.6) is 0 Å². The van der Waals surface area contributed by atoms with E-state index in [0.29, 0.717) is 0 Å². The van der Waals surface area contributed by atoms with Crippen LogP contribution in [0, 0.1) is 0 Å². The van der Waals surface area contributed by atoms with Crippen molar-refractivity contribution in [3.63, 3.8) is 0 Å². The molecule has 1 aliphatic heterocycles. The van der Waals surface area contributed by atoms with Gasteiger partial charge in [0.05, 0.1) is 11.7 Å². The van der Waals surface area contributed by atoms with Gasteiger partial charge in [0.25, 0.3) is 0 Å². The van der Waals surface area contributed by atoms with E-state index in [0.717, 1.165) is 24.3 Å². The van der Waals surface area contributed by atoms with Crippen LogP contribution in [0.15, 0.2) is 55.0 Å². The van der Waals surface area contributed by atoms with Gasteiger partial charge in [0.15, 0.2) is 0 Å². The molecule has 0 spiro atoms. The van der Waals surface area contributed by atoms with Crippen molar-refractivity contribution in [2.45, 2.75) is 38.8 Å². The Morgan fingerprint density at radius 3 is 2.75 bits per heavy atom. The summed E-state index contributed by atoms with van der Waals surface area (Å²) in [4.78, 5) is 8.98. The van der Waals surface area contributed by atoms with Gasteiger partial charge in [-0.2, -0.15) is 0 Å². The van der Waals surface area contributed by atoms with E-state index < -0.39 is 0 Å². The average molecular weight is 318 g/mol. The van der Waals surface area contributed by atoms with Gasteiger partial charge < -0.3 is 9.88 Å². The van der Waals surface area contributed by atoms with Crippen LogP contribution in [0.1, 0.15) is 37.2 Å².